The van der Waals surface area contributed by atoms with Crippen LogP contribution in [0.2, 0.25) is 0 Å². The normalized spacial score (nSPS) is 17.7. The molecule has 0 amide bonds. The van der Waals surface area contributed by atoms with E-state index in [2.05, 4.69) is 39.1 Å². The molecule has 1 aliphatic heterocycles. The average molecular weight is 362 g/mol. The lowest BCUT2D eigenvalue weighted by Gasteiger charge is -2.33. The van der Waals surface area contributed by atoms with Crippen molar-refractivity contribution in [2.24, 2.45) is 0 Å². The Hall–Kier alpha value is -2.79. The summed E-state index contributed by atoms with van der Waals surface area (Å²) in [6.07, 6.45) is 3.87. The lowest BCUT2D eigenvalue weighted by molar-refractivity contribution is 0.198. The van der Waals surface area contributed by atoms with Gasteiger partial charge in [0.15, 0.2) is 0 Å². The van der Waals surface area contributed by atoms with Gasteiger partial charge in [-0.25, -0.2) is 14.4 Å². The lowest BCUT2D eigenvalue weighted by Crippen LogP contribution is -2.34. The van der Waals surface area contributed by atoms with Crippen LogP contribution in [0.1, 0.15) is 30.0 Å². The van der Waals surface area contributed by atoms with Gasteiger partial charge in [0, 0.05) is 30.8 Å². The quantitative estimate of drug-likeness (QED) is 0.754. The molecule has 0 spiro atoms. The van der Waals surface area contributed by atoms with Gasteiger partial charge in [0.2, 0.25) is 5.95 Å². The first kappa shape index (κ1) is 17.6. The summed E-state index contributed by atoms with van der Waals surface area (Å²) in [4.78, 5) is 11.2. The van der Waals surface area contributed by atoms with Gasteiger partial charge in [0.1, 0.15) is 5.82 Å². The Morgan fingerprint density at radius 2 is 1.96 bits per heavy atom. The first-order valence-corrected chi connectivity index (χ1v) is 9.33. The van der Waals surface area contributed by atoms with E-state index in [9.17, 15) is 4.39 Å². The fourth-order valence-electron chi connectivity index (χ4n) is 3.86. The third kappa shape index (κ3) is 4.14. The Balaban J connectivity index is 1.61. The molecule has 2 N–H and O–H groups in total. The molecule has 0 aliphatic carbocycles. The molecule has 1 atom stereocenters. The van der Waals surface area contributed by atoms with Crippen LogP contribution in [0.4, 0.5) is 10.3 Å². The van der Waals surface area contributed by atoms with Crippen LogP contribution in [-0.4, -0.2) is 28.0 Å². The molecule has 1 saturated heterocycles. The third-order valence-electron chi connectivity index (χ3n) is 5.11. The number of nitrogens with zero attached hydrogens (tertiary/aromatic N) is 3. The van der Waals surface area contributed by atoms with E-state index in [1.54, 1.807) is 12.3 Å². The minimum Gasteiger partial charge on any atom is -0.368 e. The number of benzene rings is 2. The summed E-state index contributed by atoms with van der Waals surface area (Å²) < 4.78 is 13.7. The number of likely N-dealkylation sites (tertiary alicyclic amines) is 1. The van der Waals surface area contributed by atoms with Crippen LogP contribution in [0, 0.1) is 5.82 Å². The summed E-state index contributed by atoms with van der Waals surface area (Å²) in [5.74, 6) is 0.265. The highest BCUT2D eigenvalue weighted by molar-refractivity contribution is 5.66. The van der Waals surface area contributed by atoms with E-state index in [-0.39, 0.29) is 17.7 Å². The maximum Gasteiger partial charge on any atom is 0.220 e. The second-order valence-corrected chi connectivity index (χ2v) is 7.10. The van der Waals surface area contributed by atoms with E-state index in [1.165, 1.54) is 17.7 Å². The largest absolute Gasteiger partial charge is 0.368 e. The molecular formula is C22H23FN4. The van der Waals surface area contributed by atoms with Gasteiger partial charge in [-0.15, -0.1) is 0 Å². The number of nitrogens with two attached hydrogens (primary N) is 1. The fourth-order valence-corrected chi connectivity index (χ4v) is 3.86. The van der Waals surface area contributed by atoms with Crippen molar-refractivity contribution < 1.29 is 4.39 Å². The molecule has 1 aliphatic rings. The number of hydrogen-bond donors (Lipinski definition) is 1. The Morgan fingerprint density at radius 1 is 1.11 bits per heavy atom. The summed E-state index contributed by atoms with van der Waals surface area (Å²) in [5.41, 5.74) is 9.79. The van der Waals surface area contributed by atoms with Gasteiger partial charge in [0.05, 0.1) is 5.69 Å². The Labute approximate surface area is 158 Å². The monoisotopic (exact) mass is 362 g/mol. The van der Waals surface area contributed by atoms with Crippen molar-refractivity contribution in [2.75, 3.05) is 18.8 Å². The average Bonchev–Trinajstić information content (AvgIpc) is 2.69. The SMILES string of the molecule is Nc1ncc(-c2cccc(F)c2)c(C2CCCN(Cc3ccccc3)C2)n1. The van der Waals surface area contributed by atoms with Gasteiger partial charge >= 0.3 is 0 Å². The summed E-state index contributed by atoms with van der Waals surface area (Å²) in [6, 6.07) is 17.1. The molecule has 0 radical (unpaired) electrons. The number of nitrogen functional groups attached to an aromatic ring is 1. The van der Waals surface area contributed by atoms with Crippen molar-refractivity contribution in [2.45, 2.75) is 25.3 Å². The molecule has 4 rings (SSSR count). The Morgan fingerprint density at radius 3 is 2.78 bits per heavy atom. The van der Waals surface area contributed by atoms with Crippen molar-refractivity contribution >= 4 is 5.95 Å². The molecule has 138 valence electrons. The molecule has 0 bridgehead atoms. The molecular weight excluding hydrogens is 339 g/mol. The minimum absolute atomic E-state index is 0.256. The molecule has 5 heteroatoms. The van der Waals surface area contributed by atoms with E-state index in [4.69, 9.17) is 5.73 Å². The Bertz CT molecular complexity index is 913. The molecule has 1 aromatic heterocycles. The molecule has 2 aromatic carbocycles. The molecule has 27 heavy (non-hydrogen) atoms. The van der Waals surface area contributed by atoms with Crippen LogP contribution < -0.4 is 5.73 Å². The highest BCUT2D eigenvalue weighted by Crippen LogP contribution is 2.34. The van der Waals surface area contributed by atoms with E-state index >= 15 is 0 Å². The molecule has 0 saturated carbocycles. The highest BCUT2D eigenvalue weighted by atomic mass is 19.1. The lowest BCUT2D eigenvalue weighted by atomic mass is 9.89. The highest BCUT2D eigenvalue weighted by Gasteiger charge is 2.25. The maximum atomic E-state index is 13.7. The summed E-state index contributed by atoms with van der Waals surface area (Å²) in [5, 5.41) is 0. The van der Waals surface area contributed by atoms with Crippen molar-refractivity contribution in [3.63, 3.8) is 0 Å². The van der Waals surface area contributed by atoms with Crippen LogP contribution >= 0.6 is 0 Å². The van der Waals surface area contributed by atoms with Crippen molar-refractivity contribution in [1.82, 2.24) is 14.9 Å². The van der Waals surface area contributed by atoms with Gasteiger partial charge in [0.25, 0.3) is 0 Å². The zero-order chi connectivity index (χ0) is 18.6. The molecule has 1 unspecified atom stereocenters. The molecule has 1 fully saturated rings. The molecule has 3 aromatic rings. The van der Waals surface area contributed by atoms with Crippen LogP contribution in [0.3, 0.4) is 0 Å². The van der Waals surface area contributed by atoms with Crippen molar-refractivity contribution in [3.05, 3.63) is 77.9 Å². The first-order valence-electron chi connectivity index (χ1n) is 9.33. The second-order valence-electron chi connectivity index (χ2n) is 7.10. The fraction of sp³-hybridized carbons (Fsp3) is 0.273. The molecule has 2 heterocycles. The number of hydrogen-bond acceptors (Lipinski definition) is 4. The van der Waals surface area contributed by atoms with E-state index in [0.29, 0.717) is 0 Å². The zero-order valence-corrected chi connectivity index (χ0v) is 15.2. The minimum atomic E-state index is -0.260. The predicted molar refractivity (Wildman–Crippen MR) is 106 cm³/mol. The van der Waals surface area contributed by atoms with Crippen LogP contribution in [-0.2, 0) is 6.54 Å². The van der Waals surface area contributed by atoms with E-state index in [1.807, 2.05) is 12.1 Å². The van der Waals surface area contributed by atoms with Gasteiger partial charge in [-0.2, -0.15) is 0 Å². The third-order valence-corrected chi connectivity index (χ3v) is 5.11. The van der Waals surface area contributed by atoms with Crippen molar-refractivity contribution in [1.29, 1.82) is 0 Å². The number of rotatable bonds is 4. The van der Waals surface area contributed by atoms with Gasteiger partial charge < -0.3 is 5.73 Å². The van der Waals surface area contributed by atoms with E-state index < -0.39 is 0 Å². The number of aromatic nitrogens is 2. The van der Waals surface area contributed by atoms with Crippen LogP contribution in [0.15, 0.2) is 60.8 Å². The van der Waals surface area contributed by atoms with Crippen molar-refractivity contribution in [3.8, 4) is 11.1 Å². The standard InChI is InChI=1S/C22H23FN4/c23-19-10-4-8-17(12-19)20-13-25-22(24)26-21(20)18-9-5-11-27(15-18)14-16-6-2-1-3-7-16/h1-4,6-8,10,12-13,18H,5,9,11,14-15H2,(H2,24,25,26). The number of piperidine rings is 1. The Kier molecular flexibility index (Phi) is 5.12. The van der Waals surface area contributed by atoms with Crippen LogP contribution in [0.25, 0.3) is 11.1 Å². The second kappa shape index (κ2) is 7.84. The summed E-state index contributed by atoms with van der Waals surface area (Å²) in [6.45, 7) is 2.90. The summed E-state index contributed by atoms with van der Waals surface area (Å²) in [7, 11) is 0. The van der Waals surface area contributed by atoms with E-state index in [0.717, 1.165) is 49.3 Å². The first-order chi connectivity index (χ1) is 13.2. The smallest absolute Gasteiger partial charge is 0.220 e. The molecule has 4 nitrogen and oxygen atoms in total. The topological polar surface area (TPSA) is 55.0 Å². The van der Waals surface area contributed by atoms with Crippen LogP contribution in [0.5, 0.6) is 0 Å². The summed E-state index contributed by atoms with van der Waals surface area (Å²) >= 11 is 0. The van der Waals surface area contributed by atoms with Gasteiger partial charge in [-0.3, -0.25) is 4.90 Å². The number of halogens is 1. The van der Waals surface area contributed by atoms with Gasteiger partial charge in [-0.1, -0.05) is 42.5 Å². The predicted octanol–water partition coefficient (Wildman–Crippen LogP) is 4.24. The maximum absolute atomic E-state index is 13.7. The van der Waals surface area contributed by atoms with Gasteiger partial charge in [-0.05, 0) is 42.6 Å². The number of anilines is 1. The zero-order valence-electron chi connectivity index (χ0n) is 15.2.